The molecule has 0 aliphatic heterocycles. The number of nitrogens with one attached hydrogen (secondary N) is 1. The molecule has 14 heavy (non-hydrogen) atoms. The molecule has 0 spiro atoms. The summed E-state index contributed by atoms with van der Waals surface area (Å²) < 4.78 is 0. The predicted octanol–water partition coefficient (Wildman–Crippen LogP) is -0.138. The Bertz CT molecular complexity index is 164. The molecule has 6 heteroatoms. The van der Waals surface area contributed by atoms with Gasteiger partial charge in [-0.2, -0.15) is 0 Å². The van der Waals surface area contributed by atoms with Gasteiger partial charge in [-0.05, 0) is 12.3 Å². The number of hydrazine groups is 1. The topological polar surface area (TPSA) is 131 Å². The van der Waals surface area contributed by atoms with Crippen LogP contribution in [0.25, 0.3) is 0 Å². The minimum absolute atomic E-state index is 0. The SMILES string of the molecule is CC(C)C[C@H](NN)[C@@H](O)CC(=O)O.N. The molecule has 0 aromatic rings. The van der Waals surface area contributed by atoms with Crippen molar-refractivity contribution in [3.63, 3.8) is 0 Å². The molecule has 8 N–H and O–H groups in total. The Hall–Kier alpha value is -0.690. The van der Waals surface area contributed by atoms with Gasteiger partial charge in [-0.3, -0.25) is 16.1 Å². The Morgan fingerprint density at radius 3 is 2.29 bits per heavy atom. The van der Waals surface area contributed by atoms with Crippen molar-refractivity contribution in [1.29, 1.82) is 0 Å². The molecule has 0 aromatic heterocycles. The van der Waals surface area contributed by atoms with E-state index in [2.05, 4.69) is 5.43 Å². The Morgan fingerprint density at radius 2 is 2.00 bits per heavy atom. The molecule has 0 saturated carbocycles. The van der Waals surface area contributed by atoms with Gasteiger partial charge in [0.2, 0.25) is 0 Å². The van der Waals surface area contributed by atoms with E-state index in [1.807, 2.05) is 13.8 Å². The second-order valence-corrected chi connectivity index (χ2v) is 3.57. The lowest BCUT2D eigenvalue weighted by atomic mass is 9.98. The van der Waals surface area contributed by atoms with E-state index in [0.29, 0.717) is 12.3 Å². The standard InChI is InChI=1S/C8H18N2O3.H3N/c1-5(2)3-6(10-9)7(11)4-8(12)13;/h5-7,10-11H,3-4,9H2,1-2H3,(H,12,13);1H3/t6-,7-;/m0./s1. The van der Waals surface area contributed by atoms with Crippen LogP contribution in [-0.2, 0) is 4.79 Å². The summed E-state index contributed by atoms with van der Waals surface area (Å²) >= 11 is 0. The third-order valence-electron chi connectivity index (χ3n) is 1.79. The van der Waals surface area contributed by atoms with E-state index in [1.165, 1.54) is 0 Å². The zero-order valence-electron chi connectivity index (χ0n) is 8.73. The first-order valence-corrected chi connectivity index (χ1v) is 4.33. The Balaban J connectivity index is 0. The van der Waals surface area contributed by atoms with Gasteiger partial charge in [0.15, 0.2) is 0 Å². The van der Waals surface area contributed by atoms with Crippen molar-refractivity contribution in [2.24, 2.45) is 11.8 Å². The van der Waals surface area contributed by atoms with Gasteiger partial charge in [0.05, 0.1) is 12.5 Å². The lowest BCUT2D eigenvalue weighted by molar-refractivity contribution is -0.139. The van der Waals surface area contributed by atoms with Crippen molar-refractivity contribution in [3.8, 4) is 0 Å². The molecule has 0 saturated heterocycles. The fraction of sp³-hybridized carbons (Fsp3) is 0.875. The summed E-state index contributed by atoms with van der Waals surface area (Å²) in [5.41, 5.74) is 2.43. The van der Waals surface area contributed by atoms with Gasteiger partial charge in [-0.15, -0.1) is 0 Å². The zero-order chi connectivity index (χ0) is 10.4. The fourth-order valence-corrected chi connectivity index (χ4v) is 1.17. The number of hydrogen-bond acceptors (Lipinski definition) is 5. The lowest BCUT2D eigenvalue weighted by Crippen LogP contribution is -2.45. The molecule has 86 valence electrons. The van der Waals surface area contributed by atoms with Crippen LogP contribution in [-0.4, -0.2) is 28.3 Å². The van der Waals surface area contributed by atoms with Crippen LogP contribution in [0.4, 0.5) is 0 Å². The lowest BCUT2D eigenvalue weighted by Gasteiger charge is -2.22. The number of aliphatic hydroxyl groups excluding tert-OH is 1. The van der Waals surface area contributed by atoms with E-state index in [1.54, 1.807) is 0 Å². The normalized spacial score (nSPS) is 14.6. The van der Waals surface area contributed by atoms with Gasteiger partial charge in [0.1, 0.15) is 0 Å². The molecule has 0 heterocycles. The maximum Gasteiger partial charge on any atom is 0.306 e. The highest BCUT2D eigenvalue weighted by Crippen LogP contribution is 2.09. The second kappa shape index (κ2) is 7.69. The number of carbonyl (C=O) groups is 1. The van der Waals surface area contributed by atoms with Gasteiger partial charge < -0.3 is 16.4 Å². The maximum absolute atomic E-state index is 10.3. The molecule has 0 amide bonds. The molecular weight excluding hydrogens is 186 g/mol. The van der Waals surface area contributed by atoms with E-state index < -0.39 is 12.1 Å². The van der Waals surface area contributed by atoms with Gasteiger partial charge in [-0.25, -0.2) is 0 Å². The van der Waals surface area contributed by atoms with E-state index in [9.17, 15) is 9.90 Å². The number of aliphatic hydroxyl groups is 1. The van der Waals surface area contributed by atoms with Crippen molar-refractivity contribution in [1.82, 2.24) is 11.6 Å². The smallest absolute Gasteiger partial charge is 0.306 e. The van der Waals surface area contributed by atoms with Gasteiger partial charge in [-0.1, -0.05) is 13.8 Å². The highest BCUT2D eigenvalue weighted by molar-refractivity contribution is 5.67. The summed E-state index contributed by atoms with van der Waals surface area (Å²) in [4.78, 5) is 10.3. The van der Waals surface area contributed by atoms with Crippen LogP contribution in [0.5, 0.6) is 0 Å². The summed E-state index contributed by atoms with van der Waals surface area (Å²) in [6, 6.07) is -0.351. The third kappa shape index (κ3) is 6.79. The van der Waals surface area contributed by atoms with E-state index in [-0.39, 0.29) is 18.6 Å². The van der Waals surface area contributed by atoms with Crippen LogP contribution in [0.1, 0.15) is 26.7 Å². The first-order valence-electron chi connectivity index (χ1n) is 4.33. The minimum Gasteiger partial charge on any atom is -0.481 e. The predicted molar refractivity (Wildman–Crippen MR) is 53.8 cm³/mol. The Kier molecular flexibility index (Phi) is 8.66. The third-order valence-corrected chi connectivity index (χ3v) is 1.79. The summed E-state index contributed by atoms with van der Waals surface area (Å²) in [7, 11) is 0. The molecule has 0 aliphatic carbocycles. The van der Waals surface area contributed by atoms with E-state index in [0.717, 1.165) is 0 Å². The van der Waals surface area contributed by atoms with Crippen molar-refractivity contribution in [2.75, 3.05) is 0 Å². The number of rotatable bonds is 6. The summed E-state index contributed by atoms with van der Waals surface area (Å²) in [5.74, 6) is 4.54. The van der Waals surface area contributed by atoms with Crippen LogP contribution in [0, 0.1) is 5.92 Å². The summed E-state index contributed by atoms with van der Waals surface area (Å²) in [6.07, 6.45) is -0.545. The Labute approximate surface area is 84.0 Å². The average Bonchev–Trinajstić information content (AvgIpc) is 1.98. The Morgan fingerprint density at radius 1 is 1.50 bits per heavy atom. The molecule has 0 fully saturated rings. The largest absolute Gasteiger partial charge is 0.481 e. The van der Waals surface area contributed by atoms with Crippen LogP contribution < -0.4 is 17.4 Å². The molecule has 0 radical (unpaired) electrons. The molecule has 0 rings (SSSR count). The van der Waals surface area contributed by atoms with E-state index in [4.69, 9.17) is 10.9 Å². The van der Waals surface area contributed by atoms with Gasteiger partial charge in [0.25, 0.3) is 0 Å². The number of aliphatic carboxylic acids is 1. The van der Waals surface area contributed by atoms with Crippen molar-refractivity contribution in [3.05, 3.63) is 0 Å². The maximum atomic E-state index is 10.3. The molecule has 0 aliphatic rings. The van der Waals surface area contributed by atoms with Crippen molar-refractivity contribution in [2.45, 2.75) is 38.8 Å². The van der Waals surface area contributed by atoms with Gasteiger partial charge >= 0.3 is 5.97 Å². The molecule has 0 unspecified atom stereocenters. The average molecular weight is 207 g/mol. The quantitative estimate of drug-likeness (QED) is 0.304. The highest BCUT2D eigenvalue weighted by Gasteiger charge is 2.21. The minimum atomic E-state index is -1.02. The second-order valence-electron chi connectivity index (χ2n) is 3.57. The molecule has 6 nitrogen and oxygen atoms in total. The summed E-state index contributed by atoms with van der Waals surface area (Å²) in [6.45, 7) is 3.97. The molecule has 0 bridgehead atoms. The number of carboxylic acid groups (broad SMARTS) is 1. The first kappa shape index (κ1) is 15.8. The first-order chi connectivity index (χ1) is 5.97. The number of carboxylic acids is 1. The number of nitrogens with two attached hydrogens (primary N) is 1. The van der Waals surface area contributed by atoms with Crippen molar-refractivity contribution < 1.29 is 15.0 Å². The molecular formula is C8H21N3O3. The van der Waals surface area contributed by atoms with E-state index >= 15 is 0 Å². The van der Waals surface area contributed by atoms with Crippen LogP contribution >= 0.6 is 0 Å². The van der Waals surface area contributed by atoms with Crippen molar-refractivity contribution >= 4 is 5.97 Å². The highest BCUT2D eigenvalue weighted by atomic mass is 16.4. The summed E-state index contributed by atoms with van der Waals surface area (Å²) in [5, 5.41) is 17.8. The van der Waals surface area contributed by atoms with Crippen LogP contribution in [0.3, 0.4) is 0 Å². The monoisotopic (exact) mass is 207 g/mol. The fourth-order valence-electron chi connectivity index (χ4n) is 1.17. The number of hydrogen-bond donors (Lipinski definition) is 5. The molecule has 2 atom stereocenters. The van der Waals surface area contributed by atoms with Crippen LogP contribution in [0.15, 0.2) is 0 Å². The molecule has 0 aromatic carbocycles. The van der Waals surface area contributed by atoms with Crippen LogP contribution in [0.2, 0.25) is 0 Å². The zero-order valence-corrected chi connectivity index (χ0v) is 8.73. The van der Waals surface area contributed by atoms with Gasteiger partial charge in [0, 0.05) is 6.04 Å².